The van der Waals surface area contributed by atoms with Gasteiger partial charge in [-0.05, 0) is 18.2 Å². The van der Waals surface area contributed by atoms with Gasteiger partial charge >= 0.3 is 0 Å². The Morgan fingerprint density at radius 3 is 2.69 bits per heavy atom. The van der Waals surface area contributed by atoms with E-state index in [0.29, 0.717) is 12.0 Å². The summed E-state index contributed by atoms with van der Waals surface area (Å²) in [6, 6.07) is 5.40. The van der Waals surface area contributed by atoms with Crippen molar-refractivity contribution < 1.29 is 4.79 Å². The van der Waals surface area contributed by atoms with Crippen LogP contribution in [0.4, 0.5) is 0 Å². The zero-order valence-electron chi connectivity index (χ0n) is 6.77. The Morgan fingerprint density at radius 2 is 2.08 bits per heavy atom. The minimum atomic E-state index is 0.409. The molecule has 2 rings (SSSR count). The molecule has 0 aromatic carbocycles. The highest BCUT2D eigenvalue weighted by Crippen LogP contribution is 2.14. The molecule has 0 saturated heterocycles. The Bertz CT molecular complexity index is 408. The summed E-state index contributed by atoms with van der Waals surface area (Å²) in [5.41, 5.74) is 2.20. The second-order valence-electron chi connectivity index (χ2n) is 2.56. The molecular weight excluding hydrogens is 166 g/mol. The smallest absolute Gasteiger partial charge is 0.170 e. The van der Waals surface area contributed by atoms with Crippen LogP contribution in [-0.2, 0) is 0 Å². The van der Waals surface area contributed by atoms with Gasteiger partial charge in [-0.1, -0.05) is 0 Å². The number of nitrogens with zero attached hydrogens (tertiary/aromatic N) is 2. The van der Waals surface area contributed by atoms with Crippen LogP contribution in [0.3, 0.4) is 0 Å². The summed E-state index contributed by atoms with van der Waals surface area (Å²) in [7, 11) is 0. The maximum atomic E-state index is 10.4. The van der Waals surface area contributed by atoms with E-state index in [4.69, 9.17) is 0 Å². The molecule has 0 amide bonds. The average molecular weight is 173 g/mol. The molecule has 2 aromatic rings. The van der Waals surface area contributed by atoms with E-state index in [-0.39, 0.29) is 0 Å². The van der Waals surface area contributed by atoms with E-state index in [2.05, 4.69) is 15.2 Å². The van der Waals surface area contributed by atoms with Gasteiger partial charge in [-0.3, -0.25) is 14.9 Å². The fraction of sp³-hybridized carbons (Fsp3) is 0. The first-order chi connectivity index (χ1) is 6.40. The van der Waals surface area contributed by atoms with Crippen LogP contribution in [0.25, 0.3) is 11.3 Å². The molecule has 64 valence electrons. The molecule has 1 N–H and O–H groups in total. The summed E-state index contributed by atoms with van der Waals surface area (Å²) in [5, 5.41) is 6.56. The van der Waals surface area contributed by atoms with Crippen molar-refractivity contribution in [1.82, 2.24) is 15.2 Å². The lowest BCUT2D eigenvalue weighted by atomic mass is 10.2. The first-order valence-electron chi connectivity index (χ1n) is 3.81. The summed E-state index contributed by atoms with van der Waals surface area (Å²) >= 11 is 0. The Hall–Kier alpha value is -1.97. The van der Waals surface area contributed by atoms with Gasteiger partial charge < -0.3 is 0 Å². The third-order valence-corrected chi connectivity index (χ3v) is 1.71. The molecule has 0 aliphatic rings. The van der Waals surface area contributed by atoms with Crippen molar-refractivity contribution >= 4 is 6.29 Å². The molecule has 13 heavy (non-hydrogen) atoms. The second kappa shape index (κ2) is 3.18. The number of carbonyl (C=O) groups excluding carboxylic acids is 1. The van der Waals surface area contributed by atoms with Gasteiger partial charge in [0.15, 0.2) is 6.29 Å². The lowest BCUT2D eigenvalue weighted by molar-refractivity contribution is 0.111. The second-order valence-corrected chi connectivity index (χ2v) is 2.56. The van der Waals surface area contributed by atoms with Crippen LogP contribution < -0.4 is 0 Å². The SMILES string of the molecule is O=Cc1cc(-c2ccncc2)[nH]n1. The highest BCUT2D eigenvalue weighted by atomic mass is 16.1. The molecule has 0 aliphatic heterocycles. The number of H-pyrrole nitrogens is 1. The van der Waals surface area contributed by atoms with E-state index in [9.17, 15) is 4.79 Å². The quantitative estimate of drug-likeness (QED) is 0.696. The molecular formula is C9H7N3O. The standard InChI is InChI=1S/C9H7N3O/c13-6-8-5-9(12-11-8)7-1-3-10-4-2-7/h1-6H,(H,11,12). The maximum Gasteiger partial charge on any atom is 0.170 e. The molecule has 0 radical (unpaired) electrons. The topological polar surface area (TPSA) is 58.6 Å². The van der Waals surface area contributed by atoms with Crippen molar-refractivity contribution in [3.63, 3.8) is 0 Å². The summed E-state index contributed by atoms with van der Waals surface area (Å²) in [6.07, 6.45) is 4.09. The minimum Gasteiger partial charge on any atom is -0.296 e. The Morgan fingerprint density at radius 1 is 1.31 bits per heavy atom. The lowest BCUT2D eigenvalue weighted by Crippen LogP contribution is -1.77. The van der Waals surface area contributed by atoms with Gasteiger partial charge in [0.1, 0.15) is 5.69 Å². The zero-order chi connectivity index (χ0) is 9.10. The number of hydrogen-bond donors (Lipinski definition) is 1. The van der Waals surface area contributed by atoms with Gasteiger partial charge in [0.05, 0.1) is 5.69 Å². The summed E-state index contributed by atoms with van der Waals surface area (Å²) in [6.45, 7) is 0. The van der Waals surface area contributed by atoms with Crippen LogP contribution in [0, 0.1) is 0 Å². The first-order valence-corrected chi connectivity index (χ1v) is 3.81. The lowest BCUT2D eigenvalue weighted by Gasteiger charge is -1.92. The van der Waals surface area contributed by atoms with E-state index in [1.165, 1.54) is 0 Å². The van der Waals surface area contributed by atoms with Crippen molar-refractivity contribution in [2.45, 2.75) is 0 Å². The maximum absolute atomic E-state index is 10.4. The molecule has 2 aromatic heterocycles. The van der Waals surface area contributed by atoms with Crippen LogP contribution in [0.15, 0.2) is 30.6 Å². The van der Waals surface area contributed by atoms with Crippen LogP contribution >= 0.6 is 0 Å². The molecule has 0 aliphatic carbocycles. The Labute approximate surface area is 74.6 Å². The summed E-state index contributed by atoms with van der Waals surface area (Å²) < 4.78 is 0. The number of carbonyl (C=O) groups is 1. The normalized spacial score (nSPS) is 9.85. The number of nitrogens with one attached hydrogen (secondary N) is 1. The molecule has 0 spiro atoms. The van der Waals surface area contributed by atoms with Gasteiger partial charge in [0, 0.05) is 18.0 Å². The van der Waals surface area contributed by atoms with E-state index < -0.39 is 0 Å². The molecule has 4 heteroatoms. The number of hydrogen-bond acceptors (Lipinski definition) is 3. The largest absolute Gasteiger partial charge is 0.296 e. The van der Waals surface area contributed by atoms with Gasteiger partial charge in [-0.25, -0.2) is 0 Å². The molecule has 0 fully saturated rings. The van der Waals surface area contributed by atoms with E-state index >= 15 is 0 Å². The van der Waals surface area contributed by atoms with Crippen LogP contribution in [-0.4, -0.2) is 21.5 Å². The molecule has 2 heterocycles. The number of aromatic amines is 1. The molecule has 0 unspecified atom stereocenters. The highest BCUT2D eigenvalue weighted by Gasteiger charge is 2.00. The molecule has 0 saturated carbocycles. The molecule has 4 nitrogen and oxygen atoms in total. The van der Waals surface area contributed by atoms with Crippen molar-refractivity contribution in [2.75, 3.05) is 0 Å². The monoisotopic (exact) mass is 173 g/mol. The molecule has 0 bridgehead atoms. The predicted molar refractivity (Wildman–Crippen MR) is 47.2 cm³/mol. The van der Waals surface area contributed by atoms with Crippen LogP contribution in [0.2, 0.25) is 0 Å². The Balaban J connectivity index is 2.41. The predicted octanol–water partition coefficient (Wildman–Crippen LogP) is 1.28. The van der Waals surface area contributed by atoms with Crippen molar-refractivity contribution in [3.8, 4) is 11.3 Å². The van der Waals surface area contributed by atoms with Crippen molar-refractivity contribution in [2.24, 2.45) is 0 Å². The highest BCUT2D eigenvalue weighted by molar-refractivity contribution is 5.75. The fourth-order valence-electron chi connectivity index (χ4n) is 1.08. The fourth-order valence-corrected chi connectivity index (χ4v) is 1.08. The van der Waals surface area contributed by atoms with Crippen LogP contribution in [0.5, 0.6) is 0 Å². The Kier molecular flexibility index (Phi) is 1.88. The summed E-state index contributed by atoms with van der Waals surface area (Å²) in [5.74, 6) is 0. The number of pyridine rings is 1. The van der Waals surface area contributed by atoms with Gasteiger partial charge in [-0.2, -0.15) is 5.10 Å². The number of rotatable bonds is 2. The average Bonchev–Trinajstić information content (AvgIpc) is 2.67. The number of aldehydes is 1. The van der Waals surface area contributed by atoms with E-state index in [0.717, 1.165) is 11.3 Å². The van der Waals surface area contributed by atoms with Gasteiger partial charge in [0.2, 0.25) is 0 Å². The summed E-state index contributed by atoms with van der Waals surface area (Å²) in [4.78, 5) is 14.3. The third-order valence-electron chi connectivity index (χ3n) is 1.71. The first kappa shape index (κ1) is 7.67. The third kappa shape index (κ3) is 1.46. The van der Waals surface area contributed by atoms with E-state index in [1.54, 1.807) is 18.5 Å². The van der Waals surface area contributed by atoms with Crippen LogP contribution in [0.1, 0.15) is 10.5 Å². The van der Waals surface area contributed by atoms with Gasteiger partial charge in [-0.15, -0.1) is 0 Å². The zero-order valence-corrected chi connectivity index (χ0v) is 6.77. The van der Waals surface area contributed by atoms with Crippen molar-refractivity contribution in [1.29, 1.82) is 0 Å². The van der Waals surface area contributed by atoms with E-state index in [1.807, 2.05) is 12.1 Å². The van der Waals surface area contributed by atoms with Crippen molar-refractivity contribution in [3.05, 3.63) is 36.3 Å². The number of aromatic nitrogens is 3. The minimum absolute atomic E-state index is 0.409. The van der Waals surface area contributed by atoms with Gasteiger partial charge in [0.25, 0.3) is 0 Å². The molecule has 0 atom stereocenters.